The number of carbonyl (C=O) groups is 1. The topological polar surface area (TPSA) is 52.3 Å². The molecule has 0 amide bonds. The van der Waals surface area contributed by atoms with Gasteiger partial charge in [-0.25, -0.2) is 0 Å². The predicted molar refractivity (Wildman–Crippen MR) is 74.8 cm³/mol. The van der Waals surface area contributed by atoms with Gasteiger partial charge in [-0.2, -0.15) is 0 Å². The lowest BCUT2D eigenvalue weighted by Crippen LogP contribution is -2.24. The molecule has 0 aliphatic carbocycles. The minimum absolute atomic E-state index is 0.0258. The van der Waals surface area contributed by atoms with E-state index < -0.39 is 0 Å². The summed E-state index contributed by atoms with van der Waals surface area (Å²) < 4.78 is 6.60. The zero-order valence-corrected chi connectivity index (χ0v) is 12.8. The summed E-state index contributed by atoms with van der Waals surface area (Å²) in [5.74, 6) is -0.211. The average Bonchev–Trinajstić information content (AvgIpc) is 2.31. The predicted octanol–water partition coefficient (Wildman–Crippen LogP) is 3.03. The molecule has 5 heteroatoms. The maximum absolute atomic E-state index is 11.0. The van der Waals surface area contributed by atoms with Crippen molar-refractivity contribution in [1.82, 2.24) is 0 Å². The lowest BCUT2D eigenvalue weighted by atomic mass is 10.0. The lowest BCUT2D eigenvalue weighted by molar-refractivity contribution is -0.140. The first-order valence-electron chi connectivity index (χ1n) is 5.29. The summed E-state index contributed by atoms with van der Waals surface area (Å²) in [6.07, 6.45) is 1.76. The van der Waals surface area contributed by atoms with E-state index >= 15 is 0 Å². The summed E-state index contributed by atoms with van der Waals surface area (Å²) in [5.41, 5.74) is 7.11. The van der Waals surface area contributed by atoms with Crippen LogP contribution in [0.15, 0.2) is 27.1 Å². The number of esters is 1. The zero-order valence-electron chi connectivity index (χ0n) is 9.58. The van der Waals surface area contributed by atoms with Crippen molar-refractivity contribution in [1.29, 1.82) is 0 Å². The van der Waals surface area contributed by atoms with E-state index in [1.54, 1.807) is 0 Å². The Labute approximate surface area is 118 Å². The van der Waals surface area contributed by atoms with Crippen molar-refractivity contribution in [3.63, 3.8) is 0 Å². The Kier molecular flexibility index (Phi) is 6.16. The van der Waals surface area contributed by atoms with Crippen molar-refractivity contribution in [2.24, 2.45) is 5.73 Å². The number of carbonyl (C=O) groups excluding carboxylic acids is 1. The number of halogens is 2. The van der Waals surface area contributed by atoms with Crippen molar-refractivity contribution >= 4 is 37.8 Å². The van der Waals surface area contributed by atoms with Gasteiger partial charge in [0, 0.05) is 21.4 Å². The fraction of sp³-hybridized carbons (Fsp3) is 0.417. The third-order valence-corrected chi connectivity index (χ3v) is 4.31. The van der Waals surface area contributed by atoms with Crippen LogP contribution < -0.4 is 5.73 Å². The molecular formula is C12H15Br2NO2. The first kappa shape index (κ1) is 14.7. The minimum atomic E-state index is -0.211. The van der Waals surface area contributed by atoms with Gasteiger partial charge in [0.05, 0.1) is 7.11 Å². The van der Waals surface area contributed by atoms with Gasteiger partial charge < -0.3 is 10.5 Å². The van der Waals surface area contributed by atoms with Gasteiger partial charge in [-0.05, 0) is 62.4 Å². The van der Waals surface area contributed by atoms with Crippen LogP contribution >= 0.6 is 31.9 Å². The molecule has 1 unspecified atom stereocenters. The Hall–Kier alpha value is -0.390. The van der Waals surface area contributed by atoms with E-state index in [4.69, 9.17) is 5.73 Å². The number of ether oxygens (including phenoxy) is 1. The molecule has 1 atom stereocenters. The normalized spacial score (nSPS) is 12.2. The van der Waals surface area contributed by atoms with Gasteiger partial charge in [-0.3, -0.25) is 4.79 Å². The molecular weight excluding hydrogens is 350 g/mol. The minimum Gasteiger partial charge on any atom is -0.469 e. The van der Waals surface area contributed by atoms with Crippen LogP contribution in [0.3, 0.4) is 0 Å². The third kappa shape index (κ3) is 5.19. The third-order valence-electron chi connectivity index (χ3n) is 2.43. The summed E-state index contributed by atoms with van der Waals surface area (Å²) in [6, 6.07) is 6.00. The molecule has 0 heterocycles. The van der Waals surface area contributed by atoms with E-state index in [9.17, 15) is 4.79 Å². The smallest absolute Gasteiger partial charge is 0.305 e. The number of benzene rings is 1. The van der Waals surface area contributed by atoms with E-state index in [-0.39, 0.29) is 12.0 Å². The molecule has 0 saturated carbocycles. The van der Waals surface area contributed by atoms with Crippen molar-refractivity contribution in [2.75, 3.05) is 7.11 Å². The molecule has 2 N–H and O–H groups in total. The average molecular weight is 365 g/mol. The van der Waals surface area contributed by atoms with Crippen LogP contribution in [0.4, 0.5) is 0 Å². The maximum atomic E-state index is 11.0. The molecule has 0 bridgehead atoms. The molecule has 94 valence electrons. The molecule has 0 spiro atoms. The molecule has 0 aliphatic rings. The second-order valence-electron chi connectivity index (χ2n) is 3.83. The Morgan fingerprint density at radius 3 is 2.71 bits per heavy atom. The first-order chi connectivity index (χ1) is 8.02. The number of hydrogen-bond acceptors (Lipinski definition) is 3. The van der Waals surface area contributed by atoms with Gasteiger partial charge in [-0.15, -0.1) is 0 Å². The summed E-state index contributed by atoms with van der Waals surface area (Å²) in [5, 5.41) is 0. The van der Waals surface area contributed by atoms with Crippen LogP contribution in [0.5, 0.6) is 0 Å². The van der Waals surface area contributed by atoms with Gasteiger partial charge in [0.2, 0.25) is 0 Å². The molecule has 0 saturated heterocycles. The lowest BCUT2D eigenvalue weighted by Gasteiger charge is -2.11. The highest BCUT2D eigenvalue weighted by molar-refractivity contribution is 9.13. The number of rotatable bonds is 5. The van der Waals surface area contributed by atoms with Crippen LogP contribution in [0.25, 0.3) is 0 Å². The molecule has 0 aromatic heterocycles. The summed E-state index contributed by atoms with van der Waals surface area (Å²) in [7, 11) is 1.39. The molecule has 0 fully saturated rings. The molecule has 1 aromatic carbocycles. The van der Waals surface area contributed by atoms with Gasteiger partial charge >= 0.3 is 5.97 Å². The first-order valence-corrected chi connectivity index (χ1v) is 6.88. The van der Waals surface area contributed by atoms with Crippen LogP contribution in [0, 0.1) is 0 Å². The molecule has 17 heavy (non-hydrogen) atoms. The fourth-order valence-electron chi connectivity index (χ4n) is 1.48. The standard InChI is InChI=1S/C12H15Br2NO2/c1-17-12(16)5-3-9(15)6-8-2-4-10(13)11(14)7-8/h2,4,7,9H,3,5-6,15H2,1H3. The number of nitrogens with two attached hydrogens (primary N) is 1. The fourth-order valence-corrected chi connectivity index (χ4v) is 2.15. The zero-order chi connectivity index (χ0) is 12.8. The van der Waals surface area contributed by atoms with Gasteiger partial charge in [0.1, 0.15) is 0 Å². The quantitative estimate of drug-likeness (QED) is 0.817. The van der Waals surface area contributed by atoms with E-state index in [1.165, 1.54) is 7.11 Å². The Morgan fingerprint density at radius 2 is 2.12 bits per heavy atom. The number of methoxy groups -OCH3 is 1. The number of hydrogen-bond donors (Lipinski definition) is 1. The van der Waals surface area contributed by atoms with Crippen LogP contribution in [-0.4, -0.2) is 19.1 Å². The van der Waals surface area contributed by atoms with E-state index in [2.05, 4.69) is 36.6 Å². The van der Waals surface area contributed by atoms with Gasteiger partial charge in [-0.1, -0.05) is 6.07 Å². The summed E-state index contributed by atoms with van der Waals surface area (Å²) >= 11 is 6.86. The molecule has 0 radical (unpaired) electrons. The summed E-state index contributed by atoms with van der Waals surface area (Å²) in [4.78, 5) is 11.0. The Morgan fingerprint density at radius 1 is 1.41 bits per heavy atom. The molecule has 0 aliphatic heterocycles. The second-order valence-corrected chi connectivity index (χ2v) is 5.54. The molecule has 3 nitrogen and oxygen atoms in total. The molecule has 1 rings (SSSR count). The monoisotopic (exact) mass is 363 g/mol. The summed E-state index contributed by atoms with van der Waals surface area (Å²) in [6.45, 7) is 0. The Bertz CT molecular complexity index is 396. The maximum Gasteiger partial charge on any atom is 0.305 e. The largest absolute Gasteiger partial charge is 0.469 e. The van der Waals surface area contributed by atoms with Crippen molar-refractivity contribution in [3.8, 4) is 0 Å². The van der Waals surface area contributed by atoms with E-state index in [0.29, 0.717) is 12.8 Å². The molecule has 1 aromatic rings. The van der Waals surface area contributed by atoms with Crippen LogP contribution in [0.2, 0.25) is 0 Å². The van der Waals surface area contributed by atoms with E-state index in [1.807, 2.05) is 18.2 Å². The highest BCUT2D eigenvalue weighted by atomic mass is 79.9. The van der Waals surface area contributed by atoms with Crippen molar-refractivity contribution in [3.05, 3.63) is 32.7 Å². The highest BCUT2D eigenvalue weighted by Crippen LogP contribution is 2.24. The SMILES string of the molecule is COC(=O)CCC(N)Cc1ccc(Br)c(Br)c1. The van der Waals surface area contributed by atoms with Gasteiger partial charge in [0.15, 0.2) is 0 Å². The van der Waals surface area contributed by atoms with E-state index in [0.717, 1.165) is 20.9 Å². The van der Waals surface area contributed by atoms with Crippen LogP contribution in [-0.2, 0) is 16.0 Å². The van der Waals surface area contributed by atoms with Crippen molar-refractivity contribution in [2.45, 2.75) is 25.3 Å². The van der Waals surface area contributed by atoms with Crippen LogP contribution in [0.1, 0.15) is 18.4 Å². The Balaban J connectivity index is 2.47. The second kappa shape index (κ2) is 7.13. The van der Waals surface area contributed by atoms with Gasteiger partial charge in [0.25, 0.3) is 0 Å². The highest BCUT2D eigenvalue weighted by Gasteiger charge is 2.08. The van der Waals surface area contributed by atoms with Crippen molar-refractivity contribution < 1.29 is 9.53 Å².